The van der Waals surface area contributed by atoms with Gasteiger partial charge in [0, 0.05) is 18.7 Å². The van der Waals surface area contributed by atoms with Crippen LogP contribution in [0.1, 0.15) is 28.5 Å². The summed E-state index contributed by atoms with van der Waals surface area (Å²) < 4.78 is 11.9. The molecule has 3 rings (SSSR count). The molecule has 3 heterocycles. The Balaban J connectivity index is 2.07. The molecule has 1 atom stereocenters. The Kier molecular flexibility index (Phi) is 2.71. The number of rotatable bonds is 2. The molecule has 1 unspecified atom stereocenters. The van der Waals surface area contributed by atoms with Crippen molar-refractivity contribution in [3.8, 4) is 0 Å². The summed E-state index contributed by atoms with van der Waals surface area (Å²) in [6.07, 6.45) is 2.65. The fourth-order valence-corrected chi connectivity index (χ4v) is 2.16. The Morgan fingerprint density at radius 1 is 1.50 bits per heavy atom. The number of hydrogen-bond donors (Lipinski definition) is 0. The summed E-state index contributed by atoms with van der Waals surface area (Å²) in [5.74, 6) is 0.723. The van der Waals surface area contributed by atoms with E-state index in [9.17, 15) is 4.79 Å². The molecular formula is C12H13N3O3. The molecule has 0 N–H and O–H groups in total. The third kappa shape index (κ3) is 1.74. The molecular weight excluding hydrogens is 234 g/mol. The van der Waals surface area contributed by atoms with Gasteiger partial charge in [0.15, 0.2) is 5.65 Å². The Morgan fingerprint density at radius 3 is 3.11 bits per heavy atom. The molecule has 6 nitrogen and oxygen atoms in total. The van der Waals surface area contributed by atoms with Crippen LogP contribution in [0, 0.1) is 0 Å². The maximum absolute atomic E-state index is 11.5. The highest BCUT2D eigenvalue weighted by molar-refractivity contribution is 5.89. The molecule has 94 valence electrons. The Labute approximate surface area is 104 Å². The van der Waals surface area contributed by atoms with Crippen molar-refractivity contribution in [1.29, 1.82) is 0 Å². The monoisotopic (exact) mass is 247 g/mol. The number of carbonyl (C=O) groups is 1. The second-order valence-corrected chi connectivity index (χ2v) is 4.26. The van der Waals surface area contributed by atoms with Gasteiger partial charge in [-0.2, -0.15) is 0 Å². The van der Waals surface area contributed by atoms with Crippen molar-refractivity contribution in [3.63, 3.8) is 0 Å². The van der Waals surface area contributed by atoms with E-state index in [1.807, 2.05) is 4.40 Å². The second-order valence-electron chi connectivity index (χ2n) is 4.26. The zero-order chi connectivity index (χ0) is 12.5. The Morgan fingerprint density at radius 2 is 2.39 bits per heavy atom. The number of esters is 1. The lowest BCUT2D eigenvalue weighted by molar-refractivity contribution is 0.0600. The van der Waals surface area contributed by atoms with Crippen molar-refractivity contribution in [2.24, 2.45) is 0 Å². The molecule has 2 aromatic rings. The minimum absolute atomic E-state index is 0.243. The lowest BCUT2D eigenvalue weighted by Gasteiger charge is -2.06. The van der Waals surface area contributed by atoms with Gasteiger partial charge < -0.3 is 9.47 Å². The first kappa shape index (κ1) is 11.2. The maximum Gasteiger partial charge on any atom is 0.339 e. The van der Waals surface area contributed by atoms with Gasteiger partial charge in [-0.1, -0.05) is 0 Å². The lowest BCUT2D eigenvalue weighted by Crippen LogP contribution is -2.07. The van der Waals surface area contributed by atoms with E-state index in [0.29, 0.717) is 12.2 Å². The van der Waals surface area contributed by atoms with E-state index in [0.717, 1.165) is 24.5 Å². The van der Waals surface area contributed by atoms with Gasteiger partial charge in [-0.05, 0) is 18.6 Å². The predicted molar refractivity (Wildman–Crippen MR) is 62.5 cm³/mol. The predicted octanol–water partition coefficient (Wildman–Crippen LogP) is 1.02. The number of fused-ring (bicyclic) bond motifs is 1. The van der Waals surface area contributed by atoms with Crippen LogP contribution in [-0.2, 0) is 9.47 Å². The van der Waals surface area contributed by atoms with E-state index in [1.54, 1.807) is 18.3 Å². The number of carbonyl (C=O) groups excluding carboxylic acids is 1. The summed E-state index contributed by atoms with van der Waals surface area (Å²) in [5, 5.41) is 8.28. The topological polar surface area (TPSA) is 65.7 Å². The van der Waals surface area contributed by atoms with Gasteiger partial charge in [-0.3, -0.25) is 4.40 Å². The van der Waals surface area contributed by atoms with Crippen molar-refractivity contribution in [1.82, 2.24) is 14.6 Å². The van der Waals surface area contributed by atoms with Gasteiger partial charge in [0.25, 0.3) is 0 Å². The Hall–Kier alpha value is -1.95. The van der Waals surface area contributed by atoms with Crippen LogP contribution in [0.15, 0.2) is 18.3 Å². The van der Waals surface area contributed by atoms with E-state index < -0.39 is 0 Å². The van der Waals surface area contributed by atoms with Gasteiger partial charge in [-0.15, -0.1) is 10.2 Å². The summed E-state index contributed by atoms with van der Waals surface area (Å²) in [7, 11) is 1.37. The number of nitrogens with zero attached hydrogens (tertiary/aromatic N) is 3. The average molecular weight is 247 g/mol. The van der Waals surface area contributed by atoms with Crippen LogP contribution in [0.25, 0.3) is 5.65 Å². The van der Waals surface area contributed by atoms with Gasteiger partial charge in [0.2, 0.25) is 0 Å². The van der Waals surface area contributed by atoms with Gasteiger partial charge in [0.05, 0.1) is 19.3 Å². The average Bonchev–Trinajstić information content (AvgIpc) is 3.05. The van der Waals surface area contributed by atoms with E-state index >= 15 is 0 Å². The zero-order valence-electron chi connectivity index (χ0n) is 10.00. The highest BCUT2D eigenvalue weighted by Gasteiger charge is 2.23. The van der Waals surface area contributed by atoms with Crippen LogP contribution in [0.2, 0.25) is 0 Å². The number of ether oxygens (including phenoxy) is 2. The minimum Gasteiger partial charge on any atom is -0.465 e. The number of hydrogen-bond acceptors (Lipinski definition) is 5. The molecule has 2 aromatic heterocycles. The number of pyridine rings is 1. The fraction of sp³-hybridized carbons (Fsp3) is 0.417. The third-order valence-corrected chi connectivity index (χ3v) is 3.14. The van der Waals surface area contributed by atoms with Crippen LogP contribution in [0.4, 0.5) is 0 Å². The van der Waals surface area contributed by atoms with Crippen molar-refractivity contribution >= 4 is 11.6 Å². The van der Waals surface area contributed by atoms with Crippen LogP contribution in [-0.4, -0.2) is 40.9 Å². The molecule has 6 heteroatoms. The van der Waals surface area contributed by atoms with Crippen molar-refractivity contribution in [2.45, 2.75) is 12.3 Å². The van der Waals surface area contributed by atoms with Gasteiger partial charge >= 0.3 is 5.97 Å². The van der Waals surface area contributed by atoms with E-state index in [4.69, 9.17) is 9.47 Å². The van der Waals surface area contributed by atoms with E-state index in [-0.39, 0.29) is 11.9 Å². The van der Waals surface area contributed by atoms with Crippen LogP contribution in [0.5, 0.6) is 0 Å². The largest absolute Gasteiger partial charge is 0.465 e. The first-order valence-electron chi connectivity index (χ1n) is 5.80. The van der Waals surface area contributed by atoms with Crippen molar-refractivity contribution < 1.29 is 14.3 Å². The molecule has 1 aliphatic heterocycles. The second kappa shape index (κ2) is 4.38. The SMILES string of the molecule is COC(=O)c1ccc2nnc(C3CCOC3)n2c1. The zero-order valence-corrected chi connectivity index (χ0v) is 10.00. The van der Waals surface area contributed by atoms with Crippen LogP contribution < -0.4 is 0 Å². The fourth-order valence-electron chi connectivity index (χ4n) is 2.16. The summed E-state index contributed by atoms with van der Waals surface area (Å²) in [4.78, 5) is 11.5. The molecule has 0 radical (unpaired) electrons. The summed E-state index contributed by atoms with van der Waals surface area (Å²) in [6, 6.07) is 3.45. The molecule has 1 aliphatic rings. The summed E-state index contributed by atoms with van der Waals surface area (Å²) >= 11 is 0. The molecule has 0 aromatic carbocycles. The summed E-state index contributed by atoms with van der Waals surface area (Å²) in [6.45, 7) is 1.40. The quantitative estimate of drug-likeness (QED) is 0.741. The molecule has 0 aliphatic carbocycles. The molecule has 1 fully saturated rings. The first-order valence-corrected chi connectivity index (χ1v) is 5.80. The van der Waals surface area contributed by atoms with Crippen molar-refractivity contribution in [3.05, 3.63) is 29.7 Å². The van der Waals surface area contributed by atoms with Gasteiger partial charge in [0.1, 0.15) is 5.82 Å². The normalized spacial score (nSPS) is 19.3. The molecule has 0 saturated carbocycles. The lowest BCUT2D eigenvalue weighted by atomic mass is 10.1. The first-order chi connectivity index (χ1) is 8.79. The minimum atomic E-state index is -0.362. The molecule has 0 amide bonds. The highest BCUT2D eigenvalue weighted by atomic mass is 16.5. The molecule has 1 saturated heterocycles. The molecule has 18 heavy (non-hydrogen) atoms. The van der Waals surface area contributed by atoms with E-state index in [2.05, 4.69) is 10.2 Å². The maximum atomic E-state index is 11.5. The molecule has 0 spiro atoms. The smallest absolute Gasteiger partial charge is 0.339 e. The van der Waals surface area contributed by atoms with Crippen molar-refractivity contribution in [2.75, 3.05) is 20.3 Å². The standard InChI is InChI=1S/C12H13N3O3/c1-17-12(16)8-2-3-10-13-14-11(15(10)6-8)9-4-5-18-7-9/h2-3,6,9H,4-5,7H2,1H3. The third-order valence-electron chi connectivity index (χ3n) is 3.14. The highest BCUT2D eigenvalue weighted by Crippen LogP contribution is 2.24. The van der Waals surface area contributed by atoms with Gasteiger partial charge in [-0.25, -0.2) is 4.79 Å². The van der Waals surface area contributed by atoms with Crippen LogP contribution >= 0.6 is 0 Å². The molecule has 0 bridgehead atoms. The summed E-state index contributed by atoms with van der Waals surface area (Å²) in [5.41, 5.74) is 1.22. The Bertz CT molecular complexity index is 587. The number of aromatic nitrogens is 3. The van der Waals surface area contributed by atoms with Crippen LogP contribution in [0.3, 0.4) is 0 Å². The van der Waals surface area contributed by atoms with E-state index in [1.165, 1.54) is 7.11 Å². The number of methoxy groups -OCH3 is 1.